The number of hydrogen-bond donors (Lipinski definition) is 2. The highest BCUT2D eigenvalue weighted by Crippen LogP contribution is 2.38. The van der Waals surface area contributed by atoms with Crippen LogP contribution >= 0.6 is 0 Å². The maximum Gasteiger partial charge on any atom is 0.254 e. The average molecular weight is 422 g/mol. The van der Waals surface area contributed by atoms with Crippen LogP contribution in [0.25, 0.3) is 32.7 Å². The molecule has 4 aromatic rings. The van der Waals surface area contributed by atoms with E-state index < -0.39 is 0 Å². The fraction of sp³-hybridized carbons (Fsp3) is 0.185. The molecule has 2 heterocycles. The SMILES string of the molecule is O=C1NC[C@H]2CN(C(=O)c3ccc(-c4ccc(O)c5ccccc45)c4ccccc34)C[C@@H]12. The Hall–Kier alpha value is -3.86. The summed E-state index contributed by atoms with van der Waals surface area (Å²) in [5.41, 5.74) is 2.69. The molecule has 0 radical (unpaired) electrons. The van der Waals surface area contributed by atoms with Gasteiger partial charge in [0.15, 0.2) is 0 Å². The first kappa shape index (κ1) is 18.9. The van der Waals surface area contributed by atoms with Crippen LogP contribution in [-0.4, -0.2) is 41.5 Å². The molecule has 5 heteroatoms. The van der Waals surface area contributed by atoms with E-state index >= 15 is 0 Å². The first-order valence-corrected chi connectivity index (χ1v) is 10.9. The maximum atomic E-state index is 13.5. The number of phenols is 1. The van der Waals surface area contributed by atoms with E-state index in [2.05, 4.69) is 5.32 Å². The van der Waals surface area contributed by atoms with Crippen LogP contribution in [-0.2, 0) is 4.79 Å². The van der Waals surface area contributed by atoms with Crippen LogP contribution in [0.3, 0.4) is 0 Å². The summed E-state index contributed by atoms with van der Waals surface area (Å²) in [5, 5.41) is 16.9. The molecular weight excluding hydrogens is 400 g/mol. The third-order valence-corrected chi connectivity index (χ3v) is 6.95. The number of carbonyl (C=O) groups is 2. The monoisotopic (exact) mass is 422 g/mol. The Morgan fingerprint density at radius 1 is 0.812 bits per heavy atom. The van der Waals surface area contributed by atoms with E-state index in [-0.39, 0.29) is 29.4 Å². The molecule has 0 aliphatic carbocycles. The second kappa shape index (κ2) is 7.09. The molecule has 2 aliphatic heterocycles. The summed E-state index contributed by atoms with van der Waals surface area (Å²) >= 11 is 0. The van der Waals surface area contributed by atoms with Crippen molar-refractivity contribution >= 4 is 33.4 Å². The van der Waals surface area contributed by atoms with Gasteiger partial charge in [-0.25, -0.2) is 0 Å². The lowest BCUT2D eigenvalue weighted by atomic mass is 9.91. The molecule has 0 spiro atoms. The molecular formula is C27H22N2O3. The number of hydrogen-bond acceptors (Lipinski definition) is 3. The molecule has 0 saturated carbocycles. The van der Waals surface area contributed by atoms with Gasteiger partial charge in [-0.15, -0.1) is 0 Å². The number of amides is 2. The van der Waals surface area contributed by atoms with Crippen molar-refractivity contribution < 1.29 is 14.7 Å². The lowest BCUT2D eigenvalue weighted by molar-refractivity contribution is -0.122. The van der Waals surface area contributed by atoms with Gasteiger partial charge in [-0.1, -0.05) is 60.7 Å². The maximum absolute atomic E-state index is 13.5. The summed E-state index contributed by atoms with van der Waals surface area (Å²) in [5.74, 6) is 0.410. The lowest BCUT2D eigenvalue weighted by Crippen LogP contribution is -2.33. The first-order chi connectivity index (χ1) is 15.6. The highest BCUT2D eigenvalue weighted by molar-refractivity contribution is 6.13. The molecule has 0 bridgehead atoms. The molecule has 4 aromatic carbocycles. The van der Waals surface area contributed by atoms with Crippen molar-refractivity contribution in [3.8, 4) is 16.9 Å². The summed E-state index contributed by atoms with van der Waals surface area (Å²) in [4.78, 5) is 27.3. The number of nitrogens with zero attached hydrogens (tertiary/aromatic N) is 1. The molecule has 2 amide bonds. The molecule has 0 unspecified atom stereocenters. The van der Waals surface area contributed by atoms with Gasteiger partial charge < -0.3 is 15.3 Å². The van der Waals surface area contributed by atoms with Gasteiger partial charge >= 0.3 is 0 Å². The Bertz CT molecular complexity index is 1410. The number of benzene rings is 4. The standard InChI is InChI=1S/C27H22N2O3/c30-25-12-11-21(18-6-3-4-8-22(18)25)20-9-10-23(19-7-2-1-5-17(19)20)27(32)29-14-16-13-28-26(31)24(16)15-29/h1-12,16,24,30H,13-15H2,(H,28,31)/t16-,24+/m0/s1. The Labute approximate surface area is 185 Å². The summed E-state index contributed by atoms with van der Waals surface area (Å²) in [7, 11) is 0. The van der Waals surface area contributed by atoms with Gasteiger partial charge in [-0.3, -0.25) is 9.59 Å². The van der Waals surface area contributed by atoms with Gasteiger partial charge in [0, 0.05) is 36.5 Å². The summed E-state index contributed by atoms with van der Waals surface area (Å²) in [6, 6.07) is 23.3. The van der Waals surface area contributed by atoms with E-state index in [1.54, 1.807) is 6.07 Å². The van der Waals surface area contributed by atoms with Gasteiger partial charge in [-0.05, 0) is 39.4 Å². The van der Waals surface area contributed by atoms with Gasteiger partial charge in [0.2, 0.25) is 5.91 Å². The minimum Gasteiger partial charge on any atom is -0.507 e. The Kier molecular flexibility index (Phi) is 4.18. The van der Waals surface area contributed by atoms with Gasteiger partial charge in [0.25, 0.3) is 5.91 Å². The number of nitrogens with one attached hydrogen (secondary N) is 1. The molecule has 2 aliphatic rings. The highest BCUT2D eigenvalue weighted by Gasteiger charge is 2.43. The van der Waals surface area contributed by atoms with Crippen molar-refractivity contribution in [2.75, 3.05) is 19.6 Å². The number of likely N-dealkylation sites (tertiary alicyclic amines) is 1. The number of phenolic OH excluding ortho intramolecular Hbond substituents is 1. The van der Waals surface area contributed by atoms with E-state index in [0.717, 1.165) is 32.7 Å². The lowest BCUT2D eigenvalue weighted by Gasteiger charge is -2.20. The molecule has 2 N–H and O–H groups in total. The van der Waals surface area contributed by atoms with Crippen molar-refractivity contribution in [1.82, 2.24) is 10.2 Å². The summed E-state index contributed by atoms with van der Waals surface area (Å²) in [6.07, 6.45) is 0. The molecule has 5 nitrogen and oxygen atoms in total. The topological polar surface area (TPSA) is 69.6 Å². The minimum absolute atomic E-state index is 0.0227. The molecule has 6 rings (SSSR count). The number of fused-ring (bicyclic) bond motifs is 3. The van der Waals surface area contributed by atoms with Gasteiger partial charge in [0.05, 0.1) is 5.92 Å². The Morgan fingerprint density at radius 2 is 1.44 bits per heavy atom. The molecule has 2 saturated heterocycles. The van der Waals surface area contributed by atoms with Crippen LogP contribution in [0.2, 0.25) is 0 Å². The molecule has 32 heavy (non-hydrogen) atoms. The van der Waals surface area contributed by atoms with Crippen molar-refractivity contribution in [1.29, 1.82) is 0 Å². The number of rotatable bonds is 2. The molecule has 158 valence electrons. The van der Waals surface area contributed by atoms with Crippen LogP contribution in [0.15, 0.2) is 72.8 Å². The van der Waals surface area contributed by atoms with Crippen LogP contribution in [0.1, 0.15) is 10.4 Å². The first-order valence-electron chi connectivity index (χ1n) is 10.9. The molecule has 2 fully saturated rings. The van der Waals surface area contributed by atoms with E-state index in [4.69, 9.17) is 0 Å². The smallest absolute Gasteiger partial charge is 0.254 e. The second-order valence-electron chi connectivity index (χ2n) is 8.71. The van der Waals surface area contributed by atoms with E-state index in [1.165, 1.54) is 0 Å². The fourth-order valence-corrected chi connectivity index (χ4v) is 5.31. The number of aromatic hydroxyl groups is 1. The zero-order valence-electron chi connectivity index (χ0n) is 17.4. The predicted molar refractivity (Wildman–Crippen MR) is 124 cm³/mol. The largest absolute Gasteiger partial charge is 0.507 e. The van der Waals surface area contributed by atoms with Gasteiger partial charge in [-0.2, -0.15) is 0 Å². The Balaban J connectivity index is 1.47. The average Bonchev–Trinajstić information content (AvgIpc) is 3.41. The van der Waals surface area contributed by atoms with Crippen LogP contribution in [0, 0.1) is 11.8 Å². The molecule has 0 aromatic heterocycles. The number of carbonyl (C=O) groups excluding carboxylic acids is 2. The van der Waals surface area contributed by atoms with E-state index in [0.29, 0.717) is 25.2 Å². The van der Waals surface area contributed by atoms with E-state index in [9.17, 15) is 14.7 Å². The normalized spacial score (nSPS) is 20.0. The second-order valence-corrected chi connectivity index (χ2v) is 8.71. The summed E-state index contributed by atoms with van der Waals surface area (Å²) < 4.78 is 0. The quantitative estimate of drug-likeness (QED) is 0.509. The minimum atomic E-state index is -0.0900. The zero-order chi connectivity index (χ0) is 21.8. The predicted octanol–water partition coefficient (Wildman–Crippen LogP) is 4.18. The fourth-order valence-electron chi connectivity index (χ4n) is 5.31. The zero-order valence-corrected chi connectivity index (χ0v) is 17.4. The van der Waals surface area contributed by atoms with Crippen LogP contribution in [0.5, 0.6) is 5.75 Å². The molecule has 2 atom stereocenters. The van der Waals surface area contributed by atoms with Crippen molar-refractivity contribution in [3.63, 3.8) is 0 Å². The van der Waals surface area contributed by atoms with Crippen LogP contribution in [0.4, 0.5) is 0 Å². The third-order valence-electron chi connectivity index (χ3n) is 6.95. The van der Waals surface area contributed by atoms with Crippen molar-refractivity contribution in [2.45, 2.75) is 0 Å². The Morgan fingerprint density at radius 3 is 2.16 bits per heavy atom. The van der Waals surface area contributed by atoms with E-state index in [1.807, 2.05) is 71.6 Å². The third kappa shape index (κ3) is 2.78. The van der Waals surface area contributed by atoms with Gasteiger partial charge in [0.1, 0.15) is 5.75 Å². The van der Waals surface area contributed by atoms with Crippen molar-refractivity contribution in [2.24, 2.45) is 11.8 Å². The van der Waals surface area contributed by atoms with Crippen LogP contribution < -0.4 is 5.32 Å². The summed E-state index contributed by atoms with van der Waals surface area (Å²) in [6.45, 7) is 1.75. The highest BCUT2D eigenvalue weighted by atomic mass is 16.3. The van der Waals surface area contributed by atoms with Crippen molar-refractivity contribution in [3.05, 3.63) is 78.4 Å².